The van der Waals surface area contributed by atoms with Gasteiger partial charge >= 0.3 is 5.97 Å². The molecule has 3 N–H and O–H groups in total. The number of benzene rings is 1. The van der Waals surface area contributed by atoms with Gasteiger partial charge in [-0.1, -0.05) is 6.07 Å². The second-order valence-corrected chi connectivity index (χ2v) is 4.19. The number of nitriles is 1. The number of H-pyrrole nitrogens is 1. The normalized spacial score (nSPS) is 9.80. The molecule has 0 fully saturated rings. The van der Waals surface area contributed by atoms with E-state index in [9.17, 15) is 9.59 Å². The van der Waals surface area contributed by atoms with Crippen LogP contribution in [-0.2, 0) is 0 Å². The Morgan fingerprint density at radius 2 is 2.10 bits per heavy atom. The Hall–Kier alpha value is -3.07. The van der Waals surface area contributed by atoms with E-state index in [2.05, 4.69) is 10.3 Å². The van der Waals surface area contributed by atoms with E-state index in [1.165, 1.54) is 12.1 Å². The molecular formula is C14H11N3O3. The summed E-state index contributed by atoms with van der Waals surface area (Å²) in [6.07, 6.45) is 0. The van der Waals surface area contributed by atoms with Crippen LogP contribution in [0.4, 0.5) is 5.69 Å². The standard InChI is InChI=1S/C14H11N3O3/c1-8-5-11(12(16-8)14(19)20)17-13(18)10-4-2-3-9(6-10)7-15/h2-6,16H,1H3,(H,17,18)(H,19,20). The van der Waals surface area contributed by atoms with Crippen molar-refractivity contribution in [1.82, 2.24) is 4.98 Å². The first-order valence-electron chi connectivity index (χ1n) is 5.75. The van der Waals surface area contributed by atoms with Crippen molar-refractivity contribution in [2.45, 2.75) is 6.92 Å². The number of hydrogen-bond acceptors (Lipinski definition) is 3. The van der Waals surface area contributed by atoms with Crippen molar-refractivity contribution in [2.75, 3.05) is 5.32 Å². The number of carboxylic acid groups (broad SMARTS) is 1. The first-order chi connectivity index (χ1) is 9.51. The number of hydrogen-bond donors (Lipinski definition) is 3. The number of carboxylic acids is 1. The number of aromatic carboxylic acids is 1. The van der Waals surface area contributed by atoms with E-state index in [0.717, 1.165) is 0 Å². The van der Waals surface area contributed by atoms with E-state index in [0.29, 0.717) is 16.8 Å². The van der Waals surface area contributed by atoms with Crippen LogP contribution in [0, 0.1) is 18.3 Å². The zero-order valence-corrected chi connectivity index (χ0v) is 10.6. The highest BCUT2D eigenvalue weighted by Gasteiger charge is 2.16. The van der Waals surface area contributed by atoms with Crippen LogP contribution < -0.4 is 5.32 Å². The first kappa shape index (κ1) is 13.4. The van der Waals surface area contributed by atoms with E-state index >= 15 is 0 Å². The lowest BCUT2D eigenvalue weighted by atomic mass is 10.1. The fourth-order valence-electron chi connectivity index (χ4n) is 1.78. The molecule has 1 amide bonds. The lowest BCUT2D eigenvalue weighted by molar-refractivity contribution is 0.0692. The van der Waals surface area contributed by atoms with Gasteiger partial charge in [-0.15, -0.1) is 0 Å². The van der Waals surface area contributed by atoms with Gasteiger partial charge in [-0.25, -0.2) is 4.79 Å². The number of aromatic amines is 1. The van der Waals surface area contributed by atoms with Gasteiger partial charge in [0, 0.05) is 11.3 Å². The van der Waals surface area contributed by atoms with E-state index in [-0.39, 0.29) is 11.4 Å². The van der Waals surface area contributed by atoms with Gasteiger partial charge in [0.05, 0.1) is 17.3 Å². The Morgan fingerprint density at radius 3 is 2.75 bits per heavy atom. The maximum Gasteiger partial charge on any atom is 0.354 e. The van der Waals surface area contributed by atoms with E-state index in [1.807, 2.05) is 6.07 Å². The highest BCUT2D eigenvalue weighted by molar-refractivity contribution is 6.07. The van der Waals surface area contributed by atoms with Gasteiger partial charge in [0.1, 0.15) is 5.69 Å². The van der Waals surface area contributed by atoms with Crippen molar-refractivity contribution in [3.63, 3.8) is 0 Å². The molecule has 0 saturated heterocycles. The molecule has 0 saturated carbocycles. The number of rotatable bonds is 3. The molecule has 2 rings (SSSR count). The first-order valence-corrected chi connectivity index (χ1v) is 5.75. The monoisotopic (exact) mass is 269 g/mol. The zero-order chi connectivity index (χ0) is 14.7. The number of anilines is 1. The van der Waals surface area contributed by atoms with E-state index < -0.39 is 11.9 Å². The summed E-state index contributed by atoms with van der Waals surface area (Å²) in [5.41, 5.74) is 1.40. The highest BCUT2D eigenvalue weighted by Crippen LogP contribution is 2.18. The van der Waals surface area contributed by atoms with Crippen LogP contribution in [-0.4, -0.2) is 22.0 Å². The van der Waals surface area contributed by atoms with Gasteiger partial charge in [0.25, 0.3) is 5.91 Å². The molecule has 1 aromatic carbocycles. The third-order valence-electron chi connectivity index (χ3n) is 2.67. The van der Waals surface area contributed by atoms with Crippen molar-refractivity contribution >= 4 is 17.6 Å². The molecule has 0 spiro atoms. The Labute approximate surface area is 114 Å². The molecule has 6 heteroatoms. The Bertz CT molecular complexity index is 726. The summed E-state index contributed by atoms with van der Waals surface area (Å²) in [4.78, 5) is 25.7. The maximum atomic E-state index is 12.0. The van der Waals surface area contributed by atoms with Crippen LogP contribution in [0.1, 0.15) is 32.1 Å². The predicted octanol–water partition coefficient (Wildman–Crippen LogP) is 2.15. The molecule has 0 radical (unpaired) electrons. The Kier molecular flexibility index (Phi) is 3.53. The van der Waals surface area contributed by atoms with Gasteiger partial charge < -0.3 is 15.4 Å². The minimum atomic E-state index is -1.15. The zero-order valence-electron chi connectivity index (χ0n) is 10.6. The number of nitrogens with one attached hydrogen (secondary N) is 2. The number of aromatic nitrogens is 1. The predicted molar refractivity (Wildman–Crippen MR) is 71.6 cm³/mol. The lowest BCUT2D eigenvalue weighted by Gasteiger charge is -2.04. The van der Waals surface area contributed by atoms with Crippen molar-refractivity contribution in [3.05, 3.63) is 52.8 Å². The Morgan fingerprint density at radius 1 is 1.35 bits per heavy atom. The van der Waals surface area contributed by atoms with Gasteiger partial charge in [0.2, 0.25) is 0 Å². The number of amides is 1. The summed E-state index contributed by atoms with van der Waals surface area (Å²) in [6.45, 7) is 1.69. The number of carbonyl (C=O) groups excluding carboxylic acids is 1. The van der Waals surface area contributed by atoms with Crippen molar-refractivity contribution < 1.29 is 14.7 Å². The molecule has 20 heavy (non-hydrogen) atoms. The summed E-state index contributed by atoms with van der Waals surface area (Å²) in [5, 5.41) is 20.3. The van der Waals surface area contributed by atoms with Gasteiger partial charge in [-0.3, -0.25) is 4.79 Å². The summed E-state index contributed by atoms with van der Waals surface area (Å²) in [7, 11) is 0. The van der Waals surface area contributed by atoms with E-state index in [4.69, 9.17) is 10.4 Å². The minimum Gasteiger partial charge on any atom is -0.477 e. The topological polar surface area (TPSA) is 106 Å². The molecule has 0 aliphatic carbocycles. The number of carbonyl (C=O) groups is 2. The lowest BCUT2D eigenvalue weighted by Crippen LogP contribution is -2.14. The smallest absolute Gasteiger partial charge is 0.354 e. The van der Waals surface area contributed by atoms with Crippen molar-refractivity contribution in [1.29, 1.82) is 5.26 Å². The summed E-state index contributed by atoms with van der Waals surface area (Å²) in [6, 6.07) is 9.64. The second-order valence-electron chi connectivity index (χ2n) is 4.19. The molecular weight excluding hydrogens is 258 g/mol. The van der Waals surface area contributed by atoms with Crippen LogP contribution in [0.25, 0.3) is 0 Å². The van der Waals surface area contributed by atoms with Crippen LogP contribution in [0.5, 0.6) is 0 Å². The average molecular weight is 269 g/mol. The van der Waals surface area contributed by atoms with Crippen molar-refractivity contribution in [3.8, 4) is 6.07 Å². The largest absolute Gasteiger partial charge is 0.477 e. The second kappa shape index (κ2) is 5.28. The summed E-state index contributed by atoms with van der Waals surface area (Å²) >= 11 is 0. The van der Waals surface area contributed by atoms with E-state index in [1.54, 1.807) is 25.1 Å². The average Bonchev–Trinajstić information content (AvgIpc) is 2.80. The maximum absolute atomic E-state index is 12.0. The molecule has 0 atom stereocenters. The van der Waals surface area contributed by atoms with Crippen LogP contribution in [0.2, 0.25) is 0 Å². The molecule has 0 aliphatic rings. The quantitative estimate of drug-likeness (QED) is 0.793. The third kappa shape index (κ3) is 2.67. The molecule has 2 aromatic rings. The molecule has 1 heterocycles. The van der Waals surface area contributed by atoms with Gasteiger partial charge in [-0.2, -0.15) is 5.26 Å². The summed E-state index contributed by atoms with van der Waals surface area (Å²) < 4.78 is 0. The molecule has 1 aromatic heterocycles. The van der Waals surface area contributed by atoms with Gasteiger partial charge in [0.15, 0.2) is 0 Å². The highest BCUT2D eigenvalue weighted by atomic mass is 16.4. The number of aryl methyl sites for hydroxylation is 1. The molecule has 6 nitrogen and oxygen atoms in total. The van der Waals surface area contributed by atoms with Crippen LogP contribution in [0.15, 0.2) is 30.3 Å². The number of nitrogens with zero attached hydrogens (tertiary/aromatic N) is 1. The minimum absolute atomic E-state index is 0.0766. The fourth-order valence-corrected chi connectivity index (χ4v) is 1.78. The molecule has 100 valence electrons. The SMILES string of the molecule is Cc1cc(NC(=O)c2cccc(C#N)c2)c(C(=O)O)[nH]1. The fraction of sp³-hybridized carbons (Fsp3) is 0.0714. The Balaban J connectivity index is 2.28. The van der Waals surface area contributed by atoms with Crippen molar-refractivity contribution in [2.24, 2.45) is 0 Å². The molecule has 0 bridgehead atoms. The van der Waals surface area contributed by atoms with Crippen LogP contribution in [0.3, 0.4) is 0 Å². The van der Waals surface area contributed by atoms with Gasteiger partial charge in [-0.05, 0) is 31.2 Å². The third-order valence-corrected chi connectivity index (χ3v) is 2.67. The van der Waals surface area contributed by atoms with Crippen LogP contribution >= 0.6 is 0 Å². The molecule has 0 aliphatic heterocycles. The summed E-state index contributed by atoms with van der Waals surface area (Å²) in [5.74, 6) is -1.62. The molecule has 0 unspecified atom stereocenters.